The van der Waals surface area contributed by atoms with Gasteiger partial charge in [0.1, 0.15) is 17.1 Å². The highest BCUT2D eigenvalue weighted by molar-refractivity contribution is 5.79. The molecule has 5 nitrogen and oxygen atoms in total. The summed E-state index contributed by atoms with van der Waals surface area (Å²) in [5.41, 5.74) is -0.831. The molecule has 0 spiro atoms. The van der Waals surface area contributed by atoms with Gasteiger partial charge in [-0.1, -0.05) is 20.8 Å². The third-order valence-corrected chi connectivity index (χ3v) is 3.33. The van der Waals surface area contributed by atoms with E-state index in [2.05, 4.69) is 36.4 Å². The Morgan fingerprint density at radius 3 is 2.41 bits per heavy atom. The number of nitrogens with zero attached hydrogens (tertiary/aromatic N) is 1. The van der Waals surface area contributed by atoms with E-state index in [4.69, 9.17) is 4.42 Å². The molecule has 3 N–H and O–H groups in total. The molecule has 1 unspecified atom stereocenters. The van der Waals surface area contributed by atoms with E-state index in [1.807, 2.05) is 19.9 Å². The van der Waals surface area contributed by atoms with Crippen molar-refractivity contribution in [1.29, 1.82) is 0 Å². The topological polar surface area (TPSA) is 69.8 Å². The van der Waals surface area contributed by atoms with Crippen LogP contribution in [0.25, 0.3) is 0 Å². The molecule has 1 aromatic rings. The lowest BCUT2D eigenvalue weighted by Gasteiger charge is -2.21. The smallest absolute Gasteiger partial charge is 0.191 e. The number of hydrogen-bond donors (Lipinski definition) is 3. The van der Waals surface area contributed by atoms with Crippen LogP contribution in [0.3, 0.4) is 0 Å². The van der Waals surface area contributed by atoms with Crippen LogP contribution in [-0.2, 0) is 5.60 Å². The minimum absolute atomic E-state index is 0.241. The lowest BCUT2D eigenvalue weighted by molar-refractivity contribution is 0.0428. The van der Waals surface area contributed by atoms with Crippen molar-refractivity contribution < 1.29 is 9.52 Å². The zero-order valence-electron chi connectivity index (χ0n) is 14.8. The fourth-order valence-corrected chi connectivity index (χ4v) is 1.93. The predicted octanol–water partition coefficient (Wildman–Crippen LogP) is 2.79. The molecule has 0 aliphatic carbocycles. The van der Waals surface area contributed by atoms with Crippen molar-refractivity contribution in [1.82, 2.24) is 10.6 Å². The summed E-state index contributed by atoms with van der Waals surface area (Å²) in [5.74, 6) is 2.05. The van der Waals surface area contributed by atoms with E-state index in [0.717, 1.165) is 31.2 Å². The van der Waals surface area contributed by atoms with Crippen LogP contribution in [0.2, 0.25) is 0 Å². The van der Waals surface area contributed by atoms with Crippen molar-refractivity contribution in [3.63, 3.8) is 0 Å². The Balaban J connectivity index is 2.64. The van der Waals surface area contributed by atoms with Crippen LogP contribution in [0.15, 0.2) is 21.5 Å². The van der Waals surface area contributed by atoms with Crippen molar-refractivity contribution in [2.24, 2.45) is 10.4 Å². The van der Waals surface area contributed by atoms with Crippen molar-refractivity contribution in [3.05, 3.63) is 23.7 Å². The number of hydrogen-bond acceptors (Lipinski definition) is 3. The quantitative estimate of drug-likeness (QED) is 0.558. The molecule has 0 saturated heterocycles. The Hall–Kier alpha value is -1.49. The maximum Gasteiger partial charge on any atom is 0.191 e. The predicted molar refractivity (Wildman–Crippen MR) is 91.1 cm³/mol. The van der Waals surface area contributed by atoms with Crippen LogP contribution in [-0.4, -0.2) is 30.7 Å². The SMILES string of the molecule is CCNC(=NCC(C)(O)c1ccc(C)o1)NCCC(C)(C)C. The summed E-state index contributed by atoms with van der Waals surface area (Å²) in [4.78, 5) is 4.47. The third kappa shape index (κ3) is 6.52. The second-order valence-electron chi connectivity index (χ2n) is 7.12. The summed E-state index contributed by atoms with van der Waals surface area (Å²) in [7, 11) is 0. The summed E-state index contributed by atoms with van der Waals surface area (Å²) in [6.45, 7) is 14.1. The number of furan rings is 1. The van der Waals surface area contributed by atoms with E-state index < -0.39 is 5.60 Å². The Bertz CT molecular complexity index is 484. The summed E-state index contributed by atoms with van der Waals surface area (Å²) in [6.07, 6.45) is 1.05. The molecule has 0 aromatic carbocycles. The Labute approximate surface area is 134 Å². The minimum Gasteiger partial charge on any atom is -0.463 e. The molecule has 0 aliphatic heterocycles. The average Bonchev–Trinajstić information content (AvgIpc) is 2.82. The summed E-state index contributed by atoms with van der Waals surface area (Å²) in [6, 6.07) is 3.64. The van der Waals surface area contributed by atoms with Gasteiger partial charge in [0.2, 0.25) is 0 Å². The van der Waals surface area contributed by atoms with Gasteiger partial charge in [-0.25, -0.2) is 4.99 Å². The van der Waals surface area contributed by atoms with Gasteiger partial charge in [0.25, 0.3) is 0 Å². The van der Waals surface area contributed by atoms with Gasteiger partial charge in [-0.2, -0.15) is 0 Å². The summed E-state index contributed by atoms with van der Waals surface area (Å²) >= 11 is 0. The summed E-state index contributed by atoms with van der Waals surface area (Å²) < 4.78 is 5.51. The first-order valence-electron chi connectivity index (χ1n) is 7.95. The second kappa shape index (κ2) is 7.68. The van der Waals surface area contributed by atoms with E-state index in [9.17, 15) is 5.11 Å². The molecule has 0 radical (unpaired) electrons. The monoisotopic (exact) mass is 309 g/mol. The molecule has 1 rings (SSSR count). The van der Waals surface area contributed by atoms with E-state index in [0.29, 0.717) is 5.76 Å². The normalized spacial score (nSPS) is 15.5. The molecule has 126 valence electrons. The Morgan fingerprint density at radius 1 is 1.23 bits per heavy atom. The average molecular weight is 309 g/mol. The van der Waals surface area contributed by atoms with Gasteiger partial charge >= 0.3 is 0 Å². The maximum atomic E-state index is 10.5. The van der Waals surface area contributed by atoms with Crippen molar-refractivity contribution in [2.45, 2.75) is 53.6 Å². The highest BCUT2D eigenvalue weighted by Crippen LogP contribution is 2.23. The number of nitrogens with one attached hydrogen (secondary N) is 2. The van der Waals surface area contributed by atoms with Gasteiger partial charge in [-0.3, -0.25) is 0 Å². The second-order valence-corrected chi connectivity index (χ2v) is 7.12. The number of guanidine groups is 1. The zero-order valence-corrected chi connectivity index (χ0v) is 14.8. The molecular weight excluding hydrogens is 278 g/mol. The first kappa shape index (κ1) is 18.6. The molecule has 0 aliphatic rings. The largest absolute Gasteiger partial charge is 0.463 e. The number of aliphatic imine (C=N–C) groups is 1. The lowest BCUT2D eigenvalue weighted by atomic mass is 9.92. The van der Waals surface area contributed by atoms with E-state index in [1.54, 1.807) is 13.0 Å². The fourth-order valence-electron chi connectivity index (χ4n) is 1.93. The van der Waals surface area contributed by atoms with Crippen LogP contribution in [0.4, 0.5) is 0 Å². The van der Waals surface area contributed by atoms with Gasteiger partial charge in [-0.05, 0) is 44.7 Å². The Kier molecular flexibility index (Phi) is 6.48. The van der Waals surface area contributed by atoms with Gasteiger partial charge in [0.05, 0.1) is 6.54 Å². The van der Waals surface area contributed by atoms with Gasteiger partial charge in [-0.15, -0.1) is 0 Å². The Morgan fingerprint density at radius 2 is 1.91 bits per heavy atom. The molecule has 0 amide bonds. The van der Waals surface area contributed by atoms with Crippen molar-refractivity contribution in [3.8, 4) is 0 Å². The lowest BCUT2D eigenvalue weighted by Crippen LogP contribution is -2.40. The number of rotatable bonds is 6. The number of aliphatic hydroxyl groups is 1. The summed E-state index contributed by atoms with van der Waals surface area (Å²) in [5, 5.41) is 17.0. The molecular formula is C17H31N3O2. The van der Waals surface area contributed by atoms with Crippen molar-refractivity contribution in [2.75, 3.05) is 19.6 Å². The molecule has 0 fully saturated rings. The van der Waals surface area contributed by atoms with Crippen LogP contribution < -0.4 is 10.6 Å². The molecule has 0 bridgehead atoms. The van der Waals surface area contributed by atoms with Crippen LogP contribution >= 0.6 is 0 Å². The standard InChI is InChI=1S/C17H31N3O2/c1-7-18-15(19-11-10-16(3,4)5)20-12-17(6,21)14-9-8-13(2)22-14/h8-9,21H,7,10-12H2,1-6H3,(H2,18,19,20). The molecule has 1 aromatic heterocycles. The van der Waals surface area contributed by atoms with E-state index in [1.165, 1.54) is 0 Å². The van der Waals surface area contributed by atoms with Crippen molar-refractivity contribution >= 4 is 5.96 Å². The van der Waals surface area contributed by atoms with Gasteiger partial charge in [0.15, 0.2) is 5.96 Å². The third-order valence-electron chi connectivity index (χ3n) is 3.33. The number of aryl methyl sites for hydroxylation is 1. The highest BCUT2D eigenvalue weighted by Gasteiger charge is 2.26. The fraction of sp³-hybridized carbons (Fsp3) is 0.706. The molecule has 1 atom stereocenters. The van der Waals surface area contributed by atoms with Crippen LogP contribution in [0, 0.1) is 12.3 Å². The van der Waals surface area contributed by atoms with Gasteiger partial charge in [0, 0.05) is 13.1 Å². The molecule has 22 heavy (non-hydrogen) atoms. The minimum atomic E-state index is -1.11. The first-order valence-corrected chi connectivity index (χ1v) is 7.95. The van der Waals surface area contributed by atoms with Crippen LogP contribution in [0.1, 0.15) is 52.6 Å². The van der Waals surface area contributed by atoms with E-state index >= 15 is 0 Å². The first-order chi connectivity index (χ1) is 10.1. The molecule has 5 heteroatoms. The zero-order chi connectivity index (χ0) is 16.8. The molecule has 1 heterocycles. The van der Waals surface area contributed by atoms with E-state index in [-0.39, 0.29) is 12.0 Å². The van der Waals surface area contributed by atoms with Crippen LogP contribution in [0.5, 0.6) is 0 Å². The highest BCUT2D eigenvalue weighted by atomic mass is 16.4. The molecule has 0 saturated carbocycles. The maximum absolute atomic E-state index is 10.5. The van der Waals surface area contributed by atoms with Gasteiger partial charge < -0.3 is 20.2 Å².